The quantitative estimate of drug-likeness (QED) is 0.771. The largest absolute Gasteiger partial charge is 0.379 e. The van der Waals surface area contributed by atoms with Crippen molar-refractivity contribution in [2.24, 2.45) is 0 Å². The SMILES string of the molecule is Cc1ccc2onc(CNC(=O)NCCCOC(C)C)c2c1. The van der Waals surface area contributed by atoms with E-state index < -0.39 is 0 Å². The minimum atomic E-state index is -0.214. The third-order valence-corrected chi connectivity index (χ3v) is 3.17. The normalized spacial score (nSPS) is 11.1. The Hall–Kier alpha value is -2.08. The van der Waals surface area contributed by atoms with Crippen molar-refractivity contribution in [2.45, 2.75) is 39.8 Å². The van der Waals surface area contributed by atoms with E-state index in [2.05, 4.69) is 15.8 Å². The van der Waals surface area contributed by atoms with Crippen molar-refractivity contribution in [2.75, 3.05) is 13.2 Å². The van der Waals surface area contributed by atoms with Crippen molar-refractivity contribution in [1.82, 2.24) is 15.8 Å². The predicted octanol–water partition coefficient (Wildman–Crippen LogP) is 2.75. The lowest BCUT2D eigenvalue weighted by Crippen LogP contribution is -2.36. The molecule has 2 rings (SSSR count). The molecule has 0 atom stereocenters. The number of aromatic nitrogens is 1. The van der Waals surface area contributed by atoms with Gasteiger partial charge in [-0.25, -0.2) is 4.79 Å². The lowest BCUT2D eigenvalue weighted by molar-refractivity contribution is 0.0774. The number of amides is 2. The first-order chi connectivity index (χ1) is 10.6. The zero-order valence-corrected chi connectivity index (χ0v) is 13.3. The Morgan fingerprint density at radius 3 is 2.95 bits per heavy atom. The van der Waals surface area contributed by atoms with Crippen LogP contribution in [0.4, 0.5) is 4.79 Å². The highest BCUT2D eigenvalue weighted by atomic mass is 16.5. The number of hydrogen-bond acceptors (Lipinski definition) is 4. The van der Waals surface area contributed by atoms with Crippen LogP contribution >= 0.6 is 0 Å². The van der Waals surface area contributed by atoms with Crippen LogP contribution in [-0.4, -0.2) is 30.4 Å². The molecule has 0 bridgehead atoms. The van der Waals surface area contributed by atoms with Crippen LogP contribution in [0.25, 0.3) is 11.0 Å². The van der Waals surface area contributed by atoms with Crippen LogP contribution in [0.3, 0.4) is 0 Å². The zero-order valence-electron chi connectivity index (χ0n) is 13.3. The second-order valence-corrected chi connectivity index (χ2v) is 5.51. The monoisotopic (exact) mass is 305 g/mol. The Bertz CT molecular complexity index is 622. The Morgan fingerprint density at radius 1 is 1.36 bits per heavy atom. The van der Waals surface area contributed by atoms with Crippen molar-refractivity contribution in [3.8, 4) is 0 Å². The number of carbonyl (C=O) groups is 1. The van der Waals surface area contributed by atoms with Gasteiger partial charge >= 0.3 is 6.03 Å². The standard InChI is InChI=1S/C16H23N3O3/c1-11(2)21-8-4-7-17-16(20)18-10-14-13-9-12(3)5-6-15(13)22-19-14/h5-6,9,11H,4,7-8,10H2,1-3H3,(H2,17,18,20). The van der Waals surface area contributed by atoms with E-state index in [-0.39, 0.29) is 12.1 Å². The summed E-state index contributed by atoms with van der Waals surface area (Å²) in [4.78, 5) is 11.7. The lowest BCUT2D eigenvalue weighted by Gasteiger charge is -2.08. The van der Waals surface area contributed by atoms with Crippen molar-refractivity contribution in [3.63, 3.8) is 0 Å². The van der Waals surface area contributed by atoms with E-state index >= 15 is 0 Å². The molecule has 6 nitrogen and oxygen atoms in total. The van der Waals surface area contributed by atoms with Crippen LogP contribution in [0.5, 0.6) is 0 Å². The maximum atomic E-state index is 11.7. The topological polar surface area (TPSA) is 76.4 Å². The molecule has 1 heterocycles. The van der Waals surface area contributed by atoms with E-state index in [0.717, 1.165) is 28.6 Å². The van der Waals surface area contributed by atoms with E-state index in [9.17, 15) is 4.79 Å². The van der Waals surface area contributed by atoms with Gasteiger partial charge in [0.2, 0.25) is 0 Å². The minimum Gasteiger partial charge on any atom is -0.379 e. The van der Waals surface area contributed by atoms with Crippen LogP contribution in [-0.2, 0) is 11.3 Å². The number of urea groups is 1. The van der Waals surface area contributed by atoms with Crippen LogP contribution in [0.15, 0.2) is 22.7 Å². The van der Waals surface area contributed by atoms with Gasteiger partial charge in [0.05, 0.1) is 12.6 Å². The maximum Gasteiger partial charge on any atom is 0.315 e. The summed E-state index contributed by atoms with van der Waals surface area (Å²) in [5.41, 5.74) is 2.59. The average molecular weight is 305 g/mol. The summed E-state index contributed by atoms with van der Waals surface area (Å²) < 4.78 is 10.6. The Labute approximate surface area is 130 Å². The fourth-order valence-electron chi connectivity index (χ4n) is 2.05. The van der Waals surface area contributed by atoms with Gasteiger partial charge in [-0.2, -0.15) is 0 Å². The van der Waals surface area contributed by atoms with Gasteiger partial charge in [0.1, 0.15) is 5.69 Å². The van der Waals surface area contributed by atoms with Crippen LogP contribution < -0.4 is 10.6 Å². The maximum absolute atomic E-state index is 11.7. The second kappa shape index (κ2) is 7.79. The van der Waals surface area contributed by atoms with Crippen LogP contribution in [0, 0.1) is 6.92 Å². The smallest absolute Gasteiger partial charge is 0.315 e. The fourth-order valence-corrected chi connectivity index (χ4v) is 2.05. The molecule has 0 aliphatic heterocycles. The fraction of sp³-hybridized carbons (Fsp3) is 0.500. The molecule has 2 aromatic rings. The lowest BCUT2D eigenvalue weighted by atomic mass is 10.1. The molecular weight excluding hydrogens is 282 g/mol. The van der Waals surface area contributed by atoms with Gasteiger partial charge < -0.3 is 19.9 Å². The number of hydrogen-bond donors (Lipinski definition) is 2. The highest BCUT2D eigenvalue weighted by Gasteiger charge is 2.09. The second-order valence-electron chi connectivity index (χ2n) is 5.51. The highest BCUT2D eigenvalue weighted by Crippen LogP contribution is 2.19. The van der Waals surface area contributed by atoms with Crippen molar-refractivity contribution in [1.29, 1.82) is 0 Å². The molecule has 0 fully saturated rings. The summed E-state index contributed by atoms with van der Waals surface area (Å²) in [5.74, 6) is 0. The number of benzene rings is 1. The number of rotatable bonds is 7. The van der Waals surface area contributed by atoms with Gasteiger partial charge in [-0.3, -0.25) is 0 Å². The molecule has 2 amide bonds. The average Bonchev–Trinajstić information content (AvgIpc) is 2.86. The van der Waals surface area contributed by atoms with Crippen LogP contribution in [0.2, 0.25) is 0 Å². The number of nitrogens with one attached hydrogen (secondary N) is 2. The number of nitrogens with zero attached hydrogens (tertiary/aromatic N) is 1. The van der Waals surface area contributed by atoms with Crippen LogP contribution in [0.1, 0.15) is 31.5 Å². The molecule has 22 heavy (non-hydrogen) atoms. The van der Waals surface area contributed by atoms with Crippen molar-refractivity contribution in [3.05, 3.63) is 29.5 Å². The zero-order chi connectivity index (χ0) is 15.9. The third-order valence-electron chi connectivity index (χ3n) is 3.17. The summed E-state index contributed by atoms with van der Waals surface area (Å²) in [5, 5.41) is 10.5. The number of fused-ring (bicyclic) bond motifs is 1. The first kappa shape index (κ1) is 16.3. The van der Waals surface area contributed by atoms with Gasteiger partial charge in [0, 0.05) is 18.5 Å². The molecule has 0 radical (unpaired) electrons. The van der Waals surface area contributed by atoms with E-state index in [1.54, 1.807) is 0 Å². The van der Waals surface area contributed by atoms with E-state index in [4.69, 9.17) is 9.26 Å². The summed E-state index contributed by atoms with van der Waals surface area (Å²) in [6.45, 7) is 7.55. The molecule has 0 spiro atoms. The molecular formula is C16H23N3O3. The van der Waals surface area contributed by atoms with Crippen molar-refractivity contribution < 1.29 is 14.1 Å². The van der Waals surface area contributed by atoms with E-state index in [1.165, 1.54) is 0 Å². The Kier molecular flexibility index (Phi) is 5.77. The highest BCUT2D eigenvalue weighted by molar-refractivity contribution is 5.81. The molecule has 2 N–H and O–H groups in total. The van der Waals surface area contributed by atoms with E-state index in [0.29, 0.717) is 19.7 Å². The summed E-state index contributed by atoms with van der Waals surface area (Å²) in [7, 11) is 0. The Balaban J connectivity index is 1.74. The van der Waals surface area contributed by atoms with Gasteiger partial charge in [0.15, 0.2) is 5.58 Å². The molecule has 0 unspecified atom stereocenters. The van der Waals surface area contributed by atoms with Crippen molar-refractivity contribution >= 4 is 17.0 Å². The number of aryl methyl sites for hydroxylation is 1. The molecule has 1 aromatic heterocycles. The predicted molar refractivity (Wildman–Crippen MR) is 84.7 cm³/mol. The molecule has 0 aliphatic rings. The summed E-state index contributed by atoms with van der Waals surface area (Å²) >= 11 is 0. The van der Waals surface area contributed by atoms with Gasteiger partial charge in [-0.15, -0.1) is 0 Å². The third kappa shape index (κ3) is 4.73. The van der Waals surface area contributed by atoms with Gasteiger partial charge in [-0.05, 0) is 39.3 Å². The molecule has 6 heteroatoms. The molecule has 0 aliphatic carbocycles. The molecule has 0 saturated carbocycles. The summed E-state index contributed by atoms with van der Waals surface area (Å²) in [6.07, 6.45) is 1.01. The first-order valence-electron chi connectivity index (χ1n) is 7.54. The summed E-state index contributed by atoms with van der Waals surface area (Å²) in [6, 6.07) is 5.64. The molecule has 0 saturated heterocycles. The first-order valence-corrected chi connectivity index (χ1v) is 7.54. The van der Waals surface area contributed by atoms with Gasteiger partial charge in [-0.1, -0.05) is 16.8 Å². The minimum absolute atomic E-state index is 0.214. The number of carbonyl (C=O) groups excluding carboxylic acids is 1. The van der Waals surface area contributed by atoms with E-state index in [1.807, 2.05) is 39.0 Å². The number of ether oxygens (including phenoxy) is 1. The Morgan fingerprint density at radius 2 is 2.18 bits per heavy atom. The molecule has 120 valence electrons. The molecule has 1 aromatic carbocycles. The van der Waals surface area contributed by atoms with Gasteiger partial charge in [0.25, 0.3) is 0 Å².